The first-order chi connectivity index (χ1) is 15.0. The van der Waals surface area contributed by atoms with Gasteiger partial charge in [-0.1, -0.05) is 82.2 Å². The van der Waals surface area contributed by atoms with Crippen LogP contribution < -0.4 is 5.32 Å². The number of nitrogens with zero attached hydrogens (tertiary/aromatic N) is 1. The summed E-state index contributed by atoms with van der Waals surface area (Å²) in [6.45, 7) is 4.26. The maximum absolute atomic E-state index is 12.7. The molecule has 0 aliphatic carbocycles. The number of benzene rings is 2. The van der Waals surface area contributed by atoms with E-state index in [-0.39, 0.29) is 17.6 Å². The van der Waals surface area contributed by atoms with Crippen molar-refractivity contribution in [3.05, 3.63) is 81.9 Å². The molecule has 5 nitrogen and oxygen atoms in total. The molecule has 0 saturated carbocycles. The van der Waals surface area contributed by atoms with Crippen molar-refractivity contribution >= 4 is 17.2 Å². The Labute approximate surface area is 185 Å². The van der Waals surface area contributed by atoms with Gasteiger partial charge in [0.25, 0.3) is 5.69 Å². The third kappa shape index (κ3) is 8.75. The molecule has 0 saturated heterocycles. The van der Waals surface area contributed by atoms with Gasteiger partial charge in [0.2, 0.25) is 5.91 Å². The van der Waals surface area contributed by atoms with Crippen molar-refractivity contribution in [3.63, 3.8) is 0 Å². The van der Waals surface area contributed by atoms with E-state index in [1.165, 1.54) is 50.7 Å². The number of amides is 1. The lowest BCUT2D eigenvalue weighted by molar-refractivity contribution is -0.384. The lowest BCUT2D eigenvalue weighted by Crippen LogP contribution is -2.31. The van der Waals surface area contributed by atoms with Crippen LogP contribution in [-0.4, -0.2) is 16.9 Å². The van der Waals surface area contributed by atoms with Gasteiger partial charge in [-0.05, 0) is 42.2 Å². The van der Waals surface area contributed by atoms with Gasteiger partial charge in [-0.25, -0.2) is 0 Å². The zero-order valence-corrected chi connectivity index (χ0v) is 18.7. The lowest BCUT2D eigenvalue weighted by atomic mass is 9.97. The van der Waals surface area contributed by atoms with E-state index in [1.807, 2.05) is 37.3 Å². The summed E-state index contributed by atoms with van der Waals surface area (Å²) in [5, 5.41) is 14.0. The van der Waals surface area contributed by atoms with Crippen molar-refractivity contribution in [2.75, 3.05) is 0 Å². The maximum atomic E-state index is 12.7. The quantitative estimate of drug-likeness (QED) is 0.169. The highest BCUT2D eigenvalue weighted by molar-refractivity contribution is 5.99. The Kier molecular flexibility index (Phi) is 10.5. The Morgan fingerprint density at radius 1 is 0.935 bits per heavy atom. The zero-order valence-electron chi connectivity index (χ0n) is 18.7. The molecule has 1 unspecified atom stereocenters. The Morgan fingerprint density at radius 3 is 2.13 bits per heavy atom. The number of carbonyl (C=O) groups excluding carboxylic acids is 1. The number of rotatable bonds is 13. The summed E-state index contributed by atoms with van der Waals surface area (Å²) in [6.07, 6.45) is 11.3. The molecule has 0 radical (unpaired) electrons. The zero-order chi connectivity index (χ0) is 22.5. The molecule has 31 heavy (non-hydrogen) atoms. The van der Waals surface area contributed by atoms with Gasteiger partial charge in [0, 0.05) is 24.3 Å². The molecule has 1 atom stereocenters. The second-order valence-electron chi connectivity index (χ2n) is 8.05. The Hall–Kier alpha value is -2.95. The molecular formula is C26H34N2O3. The van der Waals surface area contributed by atoms with Crippen LogP contribution >= 0.6 is 0 Å². The number of non-ortho nitro benzene ring substituents is 1. The van der Waals surface area contributed by atoms with Crippen LogP contribution in [0.1, 0.15) is 76.3 Å². The largest absolute Gasteiger partial charge is 0.350 e. The molecule has 2 aromatic rings. The first-order valence-electron chi connectivity index (χ1n) is 11.3. The number of nitrogens with one attached hydrogen (secondary N) is 1. The third-order valence-electron chi connectivity index (χ3n) is 5.38. The number of nitro groups is 1. The Bertz CT molecular complexity index is 845. The molecule has 166 valence electrons. The second-order valence-corrected chi connectivity index (χ2v) is 8.05. The minimum Gasteiger partial charge on any atom is -0.350 e. The Morgan fingerprint density at radius 2 is 1.52 bits per heavy atom. The van der Waals surface area contributed by atoms with Crippen molar-refractivity contribution in [3.8, 4) is 0 Å². The lowest BCUT2D eigenvalue weighted by Gasteiger charge is -2.14. The molecule has 5 heteroatoms. The van der Waals surface area contributed by atoms with Crippen molar-refractivity contribution in [1.29, 1.82) is 0 Å². The smallest absolute Gasteiger partial charge is 0.269 e. The van der Waals surface area contributed by atoms with E-state index in [9.17, 15) is 14.9 Å². The van der Waals surface area contributed by atoms with Gasteiger partial charge < -0.3 is 5.32 Å². The molecule has 2 rings (SSSR count). The second kappa shape index (κ2) is 13.4. The summed E-state index contributed by atoms with van der Waals surface area (Å²) in [5.74, 6) is -0.146. The van der Waals surface area contributed by atoms with Crippen LogP contribution in [0, 0.1) is 10.1 Å². The predicted molar refractivity (Wildman–Crippen MR) is 127 cm³/mol. The van der Waals surface area contributed by atoms with Crippen LogP contribution in [0.5, 0.6) is 0 Å². The summed E-state index contributed by atoms with van der Waals surface area (Å²) in [4.78, 5) is 23.2. The minimum atomic E-state index is -0.423. The molecular weight excluding hydrogens is 388 g/mol. The van der Waals surface area contributed by atoms with Gasteiger partial charge in [0.1, 0.15) is 0 Å². The summed E-state index contributed by atoms with van der Waals surface area (Å²) in [5.41, 5.74) is 2.44. The normalized spacial score (nSPS) is 12.4. The van der Waals surface area contributed by atoms with Crippen LogP contribution in [0.15, 0.2) is 60.7 Å². The van der Waals surface area contributed by atoms with E-state index in [0.29, 0.717) is 0 Å². The number of unbranched alkanes of at least 4 members (excludes halogenated alkanes) is 6. The summed E-state index contributed by atoms with van der Waals surface area (Å²) < 4.78 is 0. The molecule has 0 aromatic heterocycles. The highest BCUT2D eigenvalue weighted by atomic mass is 16.6. The van der Waals surface area contributed by atoms with E-state index in [0.717, 1.165) is 29.5 Å². The summed E-state index contributed by atoms with van der Waals surface area (Å²) in [7, 11) is 0. The van der Waals surface area contributed by atoms with Gasteiger partial charge in [0.15, 0.2) is 0 Å². The number of hydrogen-bond acceptors (Lipinski definition) is 3. The number of nitro benzene ring substituents is 1. The van der Waals surface area contributed by atoms with Gasteiger partial charge in [-0.2, -0.15) is 0 Å². The van der Waals surface area contributed by atoms with Gasteiger partial charge in [0.05, 0.1) is 4.92 Å². The minimum absolute atomic E-state index is 0.0314. The van der Waals surface area contributed by atoms with Crippen LogP contribution in [0.3, 0.4) is 0 Å². The van der Waals surface area contributed by atoms with Gasteiger partial charge in [-0.3, -0.25) is 14.9 Å². The predicted octanol–water partition coefficient (Wildman–Crippen LogP) is 6.67. The summed E-state index contributed by atoms with van der Waals surface area (Å²) in [6, 6.07) is 16.0. The Balaban J connectivity index is 1.99. The van der Waals surface area contributed by atoms with Crippen molar-refractivity contribution in [2.24, 2.45) is 0 Å². The van der Waals surface area contributed by atoms with Crippen molar-refractivity contribution in [1.82, 2.24) is 5.32 Å². The average molecular weight is 423 g/mol. The fourth-order valence-electron chi connectivity index (χ4n) is 3.61. The first kappa shape index (κ1) is 24.3. The van der Waals surface area contributed by atoms with Crippen LogP contribution in [-0.2, 0) is 4.79 Å². The fourth-order valence-corrected chi connectivity index (χ4v) is 3.61. The van der Waals surface area contributed by atoms with E-state index < -0.39 is 4.92 Å². The molecule has 0 fully saturated rings. The third-order valence-corrected chi connectivity index (χ3v) is 5.38. The van der Waals surface area contributed by atoms with Crippen molar-refractivity contribution in [2.45, 2.75) is 71.3 Å². The number of carbonyl (C=O) groups is 1. The van der Waals surface area contributed by atoms with E-state index in [1.54, 1.807) is 18.2 Å². The molecule has 0 bridgehead atoms. The number of hydrogen-bond donors (Lipinski definition) is 1. The highest BCUT2D eigenvalue weighted by Crippen LogP contribution is 2.25. The highest BCUT2D eigenvalue weighted by Gasteiger charge is 2.12. The van der Waals surface area contributed by atoms with Crippen molar-refractivity contribution < 1.29 is 9.72 Å². The topological polar surface area (TPSA) is 72.2 Å². The average Bonchev–Trinajstić information content (AvgIpc) is 2.77. The van der Waals surface area contributed by atoms with Crippen LogP contribution in [0.4, 0.5) is 5.69 Å². The van der Waals surface area contributed by atoms with Gasteiger partial charge >= 0.3 is 0 Å². The molecule has 0 aliphatic rings. The molecule has 0 aliphatic heterocycles. The molecule has 1 amide bonds. The van der Waals surface area contributed by atoms with E-state index >= 15 is 0 Å². The fraction of sp³-hybridized carbons (Fsp3) is 0.423. The van der Waals surface area contributed by atoms with Crippen LogP contribution in [0.2, 0.25) is 0 Å². The maximum Gasteiger partial charge on any atom is 0.269 e. The molecule has 2 aromatic carbocycles. The molecule has 0 spiro atoms. The van der Waals surface area contributed by atoms with E-state index in [2.05, 4.69) is 12.2 Å². The standard InChI is InChI=1S/C26H34N2O3/c1-3-4-5-6-7-8-10-13-21(2)27-26(29)20-25(22-14-11-9-12-15-22)23-16-18-24(19-17-23)28(30)31/h9,11-12,14-21H,3-8,10,13H2,1-2H3,(H,27,29). The molecule has 0 heterocycles. The monoisotopic (exact) mass is 422 g/mol. The van der Waals surface area contributed by atoms with Gasteiger partial charge in [-0.15, -0.1) is 0 Å². The molecule has 1 N–H and O–H groups in total. The SMILES string of the molecule is CCCCCCCCCC(C)NC(=O)C=C(c1ccccc1)c1ccc([N+](=O)[O-])cc1. The first-order valence-corrected chi connectivity index (χ1v) is 11.3. The van der Waals surface area contributed by atoms with E-state index in [4.69, 9.17) is 0 Å². The van der Waals surface area contributed by atoms with Crippen LogP contribution in [0.25, 0.3) is 5.57 Å². The summed E-state index contributed by atoms with van der Waals surface area (Å²) >= 11 is 0.